The fourth-order valence-corrected chi connectivity index (χ4v) is 2.64. The number of nitrogens with zero attached hydrogens (tertiary/aromatic N) is 2. The molecule has 0 amide bonds. The molecule has 5 nitrogen and oxygen atoms in total. The summed E-state index contributed by atoms with van der Waals surface area (Å²) in [5, 5.41) is 10.9. The van der Waals surface area contributed by atoms with Crippen molar-refractivity contribution >= 4 is 22.6 Å². The lowest BCUT2D eigenvalue weighted by molar-refractivity contribution is -0.138. The molecule has 0 radical (unpaired) electrons. The van der Waals surface area contributed by atoms with E-state index in [0.717, 1.165) is 35.4 Å². The Kier molecular flexibility index (Phi) is 3.18. The van der Waals surface area contributed by atoms with Gasteiger partial charge in [-0.3, -0.25) is 4.79 Å². The van der Waals surface area contributed by atoms with E-state index in [1.54, 1.807) is 13.3 Å². The molecule has 0 bridgehead atoms. The lowest BCUT2D eigenvalue weighted by Gasteiger charge is -2.40. The SMILES string of the molecule is COc1ccc2c(N3CC(CC(=O)O)C3)nccc2c1. The maximum Gasteiger partial charge on any atom is 0.303 e. The molecule has 0 aliphatic carbocycles. The van der Waals surface area contributed by atoms with Crippen molar-refractivity contribution in [2.45, 2.75) is 6.42 Å². The molecular formula is C15H16N2O3. The number of methoxy groups -OCH3 is 1. The zero-order valence-electron chi connectivity index (χ0n) is 11.2. The van der Waals surface area contributed by atoms with E-state index < -0.39 is 5.97 Å². The average molecular weight is 272 g/mol. The monoisotopic (exact) mass is 272 g/mol. The fourth-order valence-electron chi connectivity index (χ4n) is 2.64. The van der Waals surface area contributed by atoms with Crippen LogP contribution in [0.3, 0.4) is 0 Å². The summed E-state index contributed by atoms with van der Waals surface area (Å²) in [5.41, 5.74) is 0. The Hall–Kier alpha value is -2.30. The summed E-state index contributed by atoms with van der Waals surface area (Å²) >= 11 is 0. The van der Waals surface area contributed by atoms with Crippen molar-refractivity contribution in [2.75, 3.05) is 25.1 Å². The summed E-state index contributed by atoms with van der Waals surface area (Å²) in [4.78, 5) is 17.2. The molecule has 1 saturated heterocycles. The molecule has 3 rings (SSSR count). The maximum atomic E-state index is 10.7. The Bertz CT molecular complexity index is 651. The largest absolute Gasteiger partial charge is 0.497 e. The van der Waals surface area contributed by atoms with E-state index in [0.29, 0.717) is 0 Å². The number of rotatable bonds is 4. The predicted molar refractivity (Wildman–Crippen MR) is 76.3 cm³/mol. The normalized spacial score (nSPS) is 15.2. The highest BCUT2D eigenvalue weighted by Gasteiger charge is 2.30. The van der Waals surface area contributed by atoms with E-state index in [-0.39, 0.29) is 12.3 Å². The highest BCUT2D eigenvalue weighted by molar-refractivity contribution is 5.93. The number of anilines is 1. The summed E-state index contributed by atoms with van der Waals surface area (Å²) in [5.74, 6) is 1.24. The lowest BCUT2D eigenvalue weighted by Crippen LogP contribution is -2.48. The predicted octanol–water partition coefficient (Wildman–Crippen LogP) is 2.15. The third-order valence-corrected chi connectivity index (χ3v) is 3.67. The van der Waals surface area contributed by atoms with Gasteiger partial charge in [0.1, 0.15) is 11.6 Å². The van der Waals surface area contributed by atoms with Gasteiger partial charge in [0.05, 0.1) is 13.5 Å². The first kappa shape index (κ1) is 12.7. The Morgan fingerprint density at radius 3 is 2.95 bits per heavy atom. The van der Waals surface area contributed by atoms with Crippen molar-refractivity contribution in [1.29, 1.82) is 0 Å². The van der Waals surface area contributed by atoms with Crippen LogP contribution in [0, 0.1) is 5.92 Å². The molecule has 0 saturated carbocycles. The van der Waals surface area contributed by atoms with Gasteiger partial charge in [0, 0.05) is 30.6 Å². The number of hydrogen-bond acceptors (Lipinski definition) is 4. The third kappa shape index (κ3) is 2.27. The molecule has 1 aromatic carbocycles. The van der Waals surface area contributed by atoms with Crippen LogP contribution in [0.2, 0.25) is 0 Å². The van der Waals surface area contributed by atoms with Gasteiger partial charge in [-0.05, 0) is 29.7 Å². The number of pyridine rings is 1. The molecule has 0 unspecified atom stereocenters. The molecule has 2 aromatic rings. The number of carbonyl (C=O) groups is 1. The summed E-state index contributed by atoms with van der Waals surface area (Å²) in [6.45, 7) is 1.51. The van der Waals surface area contributed by atoms with E-state index in [4.69, 9.17) is 9.84 Å². The van der Waals surface area contributed by atoms with Gasteiger partial charge in [0.15, 0.2) is 0 Å². The number of carboxylic acid groups (broad SMARTS) is 1. The first-order valence-electron chi connectivity index (χ1n) is 6.57. The minimum absolute atomic E-state index is 0.225. The van der Waals surface area contributed by atoms with Gasteiger partial charge in [-0.1, -0.05) is 0 Å². The van der Waals surface area contributed by atoms with Crippen molar-refractivity contribution in [1.82, 2.24) is 4.98 Å². The fraction of sp³-hybridized carbons (Fsp3) is 0.333. The average Bonchev–Trinajstić information content (AvgIpc) is 2.41. The topological polar surface area (TPSA) is 62.7 Å². The van der Waals surface area contributed by atoms with E-state index in [1.807, 2.05) is 24.3 Å². The number of aliphatic carboxylic acids is 1. The van der Waals surface area contributed by atoms with Gasteiger partial charge < -0.3 is 14.7 Å². The second-order valence-electron chi connectivity index (χ2n) is 5.09. The van der Waals surface area contributed by atoms with Gasteiger partial charge in [-0.15, -0.1) is 0 Å². The van der Waals surface area contributed by atoms with E-state index in [9.17, 15) is 4.79 Å². The standard InChI is InChI=1S/C15H16N2O3/c1-20-12-2-3-13-11(7-12)4-5-16-15(13)17-8-10(9-17)6-14(18)19/h2-5,7,10H,6,8-9H2,1H3,(H,18,19). The quantitative estimate of drug-likeness (QED) is 0.924. The minimum Gasteiger partial charge on any atom is -0.497 e. The Balaban J connectivity index is 1.84. The number of fused-ring (bicyclic) bond motifs is 1. The summed E-state index contributed by atoms with van der Waals surface area (Å²) in [6.07, 6.45) is 2.01. The van der Waals surface area contributed by atoms with Crippen molar-refractivity contribution in [2.24, 2.45) is 5.92 Å². The van der Waals surface area contributed by atoms with Crippen LogP contribution in [0.1, 0.15) is 6.42 Å². The van der Waals surface area contributed by atoms with Crippen LogP contribution >= 0.6 is 0 Å². The Labute approximate surface area is 116 Å². The Morgan fingerprint density at radius 1 is 1.45 bits per heavy atom. The van der Waals surface area contributed by atoms with Crippen LogP contribution in [0.5, 0.6) is 5.75 Å². The van der Waals surface area contributed by atoms with Gasteiger partial charge in [-0.25, -0.2) is 4.98 Å². The smallest absolute Gasteiger partial charge is 0.303 e. The number of benzene rings is 1. The van der Waals surface area contributed by atoms with Crippen molar-refractivity contribution < 1.29 is 14.6 Å². The third-order valence-electron chi connectivity index (χ3n) is 3.67. The van der Waals surface area contributed by atoms with E-state index >= 15 is 0 Å². The first-order chi connectivity index (χ1) is 9.67. The van der Waals surface area contributed by atoms with Crippen molar-refractivity contribution in [3.63, 3.8) is 0 Å². The molecule has 20 heavy (non-hydrogen) atoms. The zero-order valence-corrected chi connectivity index (χ0v) is 11.2. The molecule has 5 heteroatoms. The van der Waals surface area contributed by atoms with Crippen LogP contribution < -0.4 is 9.64 Å². The molecule has 1 N–H and O–H groups in total. The van der Waals surface area contributed by atoms with Gasteiger partial charge in [-0.2, -0.15) is 0 Å². The van der Waals surface area contributed by atoms with Gasteiger partial charge >= 0.3 is 5.97 Å². The molecule has 1 aliphatic rings. The number of ether oxygens (including phenoxy) is 1. The van der Waals surface area contributed by atoms with Crippen LogP contribution in [0.15, 0.2) is 30.5 Å². The Morgan fingerprint density at radius 2 is 2.25 bits per heavy atom. The van der Waals surface area contributed by atoms with Crippen LogP contribution in [-0.4, -0.2) is 36.3 Å². The molecule has 1 aromatic heterocycles. The summed E-state index contributed by atoms with van der Waals surface area (Å²) in [7, 11) is 1.65. The zero-order chi connectivity index (χ0) is 14.1. The molecule has 2 heterocycles. The van der Waals surface area contributed by atoms with Crippen molar-refractivity contribution in [3.8, 4) is 5.75 Å². The number of aromatic nitrogens is 1. The highest BCUT2D eigenvalue weighted by atomic mass is 16.5. The summed E-state index contributed by atoms with van der Waals surface area (Å²) in [6, 6.07) is 7.86. The molecule has 104 valence electrons. The molecule has 0 spiro atoms. The summed E-state index contributed by atoms with van der Waals surface area (Å²) < 4.78 is 5.22. The highest BCUT2D eigenvalue weighted by Crippen LogP contribution is 2.32. The van der Waals surface area contributed by atoms with Gasteiger partial charge in [0.2, 0.25) is 0 Å². The first-order valence-corrected chi connectivity index (χ1v) is 6.57. The molecule has 1 fully saturated rings. The van der Waals surface area contributed by atoms with E-state index in [2.05, 4.69) is 9.88 Å². The second-order valence-corrected chi connectivity index (χ2v) is 5.09. The van der Waals surface area contributed by atoms with Gasteiger partial charge in [0.25, 0.3) is 0 Å². The van der Waals surface area contributed by atoms with Crippen LogP contribution in [0.4, 0.5) is 5.82 Å². The molecular weight excluding hydrogens is 256 g/mol. The lowest BCUT2D eigenvalue weighted by atomic mass is 9.96. The number of carboxylic acids is 1. The minimum atomic E-state index is -0.731. The number of hydrogen-bond donors (Lipinski definition) is 1. The molecule has 0 atom stereocenters. The van der Waals surface area contributed by atoms with Crippen LogP contribution in [0.25, 0.3) is 10.8 Å². The van der Waals surface area contributed by atoms with Crippen LogP contribution in [-0.2, 0) is 4.79 Å². The maximum absolute atomic E-state index is 10.7. The van der Waals surface area contributed by atoms with E-state index in [1.165, 1.54) is 0 Å². The van der Waals surface area contributed by atoms with Crippen molar-refractivity contribution in [3.05, 3.63) is 30.5 Å². The second kappa shape index (κ2) is 5.00. The molecule has 1 aliphatic heterocycles.